The smallest absolute Gasteiger partial charge is 0.212 e. The average molecular weight is 244 g/mol. The van der Waals surface area contributed by atoms with Crippen LogP contribution in [0.4, 0.5) is 0 Å². The highest BCUT2D eigenvalue weighted by atomic mass is 16.4. The van der Waals surface area contributed by atoms with Gasteiger partial charge in [0.05, 0.1) is 12.2 Å². The highest BCUT2D eigenvalue weighted by molar-refractivity contribution is 5.58. The zero-order valence-electron chi connectivity index (χ0n) is 11.4. The Morgan fingerprint density at radius 2 is 1.89 bits per heavy atom. The average Bonchev–Trinajstić information content (AvgIpc) is 2.81. The molecule has 0 saturated heterocycles. The topological polar surface area (TPSA) is 52.0 Å². The van der Waals surface area contributed by atoms with Gasteiger partial charge in [-0.2, -0.15) is 0 Å². The van der Waals surface area contributed by atoms with Gasteiger partial charge in [-0.1, -0.05) is 26.0 Å². The molecule has 1 aromatic carbocycles. The molecule has 0 radical (unpaired) electrons. The van der Waals surface area contributed by atoms with E-state index in [-0.39, 0.29) is 6.04 Å². The summed E-state index contributed by atoms with van der Waals surface area (Å²) in [7, 11) is 0. The molecule has 18 heavy (non-hydrogen) atoms. The van der Waals surface area contributed by atoms with Crippen LogP contribution in [0.15, 0.2) is 28.8 Å². The lowest BCUT2D eigenvalue weighted by molar-refractivity contribution is 0.394. The van der Waals surface area contributed by atoms with E-state index >= 15 is 0 Å². The van der Waals surface area contributed by atoms with Crippen LogP contribution in [-0.4, -0.2) is 4.98 Å². The molecule has 1 aromatic heterocycles. The van der Waals surface area contributed by atoms with E-state index in [1.807, 2.05) is 6.07 Å². The van der Waals surface area contributed by atoms with Gasteiger partial charge in [-0.15, -0.1) is 0 Å². The normalized spacial score (nSPS) is 13.0. The molecule has 96 valence electrons. The van der Waals surface area contributed by atoms with Crippen LogP contribution in [-0.2, 0) is 0 Å². The second-order valence-corrected chi connectivity index (χ2v) is 5.13. The minimum Gasteiger partial charge on any atom is -0.439 e. The molecular weight excluding hydrogens is 224 g/mol. The zero-order valence-corrected chi connectivity index (χ0v) is 11.4. The molecule has 0 aliphatic rings. The van der Waals surface area contributed by atoms with Crippen LogP contribution in [0.2, 0.25) is 0 Å². The molecule has 3 heteroatoms. The first-order chi connectivity index (χ1) is 8.49. The number of rotatable bonds is 3. The number of hydrogen-bond acceptors (Lipinski definition) is 3. The van der Waals surface area contributed by atoms with Crippen LogP contribution in [0.25, 0.3) is 11.3 Å². The standard InChI is InChI=1S/C15H20N2O/c1-9(2)14(16)15-17-8-13(18-15)12-6-5-10(3)11(4)7-12/h5-9,14H,16H2,1-4H3. The molecule has 1 atom stereocenters. The molecule has 0 aliphatic carbocycles. The molecule has 0 amide bonds. The Balaban J connectivity index is 2.32. The Bertz CT molecular complexity index is 543. The predicted octanol–water partition coefficient (Wildman–Crippen LogP) is 3.61. The summed E-state index contributed by atoms with van der Waals surface area (Å²) in [4.78, 5) is 4.27. The van der Waals surface area contributed by atoms with Gasteiger partial charge in [-0.3, -0.25) is 0 Å². The van der Waals surface area contributed by atoms with E-state index in [1.54, 1.807) is 6.20 Å². The van der Waals surface area contributed by atoms with Gasteiger partial charge in [0.25, 0.3) is 0 Å². The zero-order chi connectivity index (χ0) is 13.3. The summed E-state index contributed by atoms with van der Waals surface area (Å²) >= 11 is 0. The molecule has 0 aliphatic heterocycles. The first-order valence-electron chi connectivity index (χ1n) is 6.28. The van der Waals surface area contributed by atoms with Crippen molar-refractivity contribution in [3.63, 3.8) is 0 Å². The third-order valence-corrected chi connectivity index (χ3v) is 3.32. The molecule has 2 N–H and O–H groups in total. The van der Waals surface area contributed by atoms with Gasteiger partial charge in [0, 0.05) is 5.56 Å². The third kappa shape index (κ3) is 2.46. The summed E-state index contributed by atoms with van der Waals surface area (Å²) in [5, 5.41) is 0. The van der Waals surface area contributed by atoms with Gasteiger partial charge in [-0.25, -0.2) is 4.98 Å². The highest BCUT2D eigenvalue weighted by Crippen LogP contribution is 2.26. The summed E-state index contributed by atoms with van der Waals surface area (Å²) in [6.45, 7) is 8.31. The molecule has 0 bridgehead atoms. The summed E-state index contributed by atoms with van der Waals surface area (Å²) in [5.74, 6) is 1.71. The molecule has 2 rings (SSSR count). The maximum atomic E-state index is 6.03. The Morgan fingerprint density at radius 1 is 1.17 bits per heavy atom. The van der Waals surface area contributed by atoms with Gasteiger partial charge in [0.1, 0.15) is 0 Å². The summed E-state index contributed by atoms with van der Waals surface area (Å²) in [5.41, 5.74) is 9.60. The Hall–Kier alpha value is -1.61. The van der Waals surface area contributed by atoms with E-state index < -0.39 is 0 Å². The second kappa shape index (κ2) is 4.94. The summed E-state index contributed by atoms with van der Waals surface area (Å²) in [6, 6.07) is 6.11. The van der Waals surface area contributed by atoms with E-state index in [0.29, 0.717) is 11.8 Å². The molecule has 1 heterocycles. The lowest BCUT2D eigenvalue weighted by Crippen LogP contribution is -2.16. The Morgan fingerprint density at radius 3 is 2.50 bits per heavy atom. The summed E-state index contributed by atoms with van der Waals surface area (Å²) < 4.78 is 5.75. The first kappa shape index (κ1) is 12.8. The largest absolute Gasteiger partial charge is 0.439 e. The minimum atomic E-state index is -0.148. The number of hydrogen-bond donors (Lipinski definition) is 1. The Labute approximate surface area is 108 Å². The van der Waals surface area contributed by atoms with Crippen LogP contribution in [0.1, 0.15) is 36.9 Å². The molecule has 0 saturated carbocycles. The van der Waals surface area contributed by atoms with Crippen LogP contribution < -0.4 is 5.73 Å². The fourth-order valence-electron chi connectivity index (χ4n) is 1.76. The molecular formula is C15H20N2O. The number of aryl methyl sites for hydroxylation is 2. The number of oxazole rings is 1. The number of benzene rings is 1. The Kier molecular flexibility index (Phi) is 3.53. The van der Waals surface area contributed by atoms with Crippen molar-refractivity contribution in [2.45, 2.75) is 33.7 Å². The van der Waals surface area contributed by atoms with Gasteiger partial charge < -0.3 is 10.2 Å². The van der Waals surface area contributed by atoms with E-state index in [9.17, 15) is 0 Å². The monoisotopic (exact) mass is 244 g/mol. The van der Waals surface area contributed by atoms with Gasteiger partial charge >= 0.3 is 0 Å². The predicted molar refractivity (Wildman–Crippen MR) is 73.2 cm³/mol. The van der Waals surface area contributed by atoms with Gasteiger partial charge in [-0.05, 0) is 37.0 Å². The van der Waals surface area contributed by atoms with Crippen molar-refractivity contribution in [3.05, 3.63) is 41.4 Å². The van der Waals surface area contributed by atoms with Crippen molar-refractivity contribution >= 4 is 0 Å². The van der Waals surface area contributed by atoms with Crippen LogP contribution in [0.5, 0.6) is 0 Å². The molecule has 0 fully saturated rings. The van der Waals surface area contributed by atoms with Crippen LogP contribution in [0.3, 0.4) is 0 Å². The fourth-order valence-corrected chi connectivity index (χ4v) is 1.76. The van der Waals surface area contributed by atoms with Crippen LogP contribution >= 0.6 is 0 Å². The number of aromatic nitrogens is 1. The molecule has 3 nitrogen and oxygen atoms in total. The van der Waals surface area contributed by atoms with Gasteiger partial charge in [0.15, 0.2) is 5.76 Å². The van der Waals surface area contributed by atoms with Crippen molar-refractivity contribution in [3.8, 4) is 11.3 Å². The van der Waals surface area contributed by atoms with Crippen molar-refractivity contribution in [2.24, 2.45) is 11.7 Å². The molecule has 0 spiro atoms. The van der Waals surface area contributed by atoms with Crippen molar-refractivity contribution in [1.29, 1.82) is 0 Å². The van der Waals surface area contributed by atoms with E-state index in [1.165, 1.54) is 11.1 Å². The molecule has 1 unspecified atom stereocenters. The maximum Gasteiger partial charge on any atom is 0.212 e. The third-order valence-electron chi connectivity index (χ3n) is 3.32. The van der Waals surface area contributed by atoms with E-state index in [2.05, 4.69) is 44.8 Å². The van der Waals surface area contributed by atoms with Gasteiger partial charge in [0.2, 0.25) is 5.89 Å². The SMILES string of the molecule is Cc1ccc(-c2cnc(C(N)C(C)C)o2)cc1C. The molecule has 2 aromatic rings. The van der Waals surface area contributed by atoms with Crippen LogP contribution in [0, 0.1) is 19.8 Å². The van der Waals surface area contributed by atoms with Crippen molar-refractivity contribution in [1.82, 2.24) is 4.98 Å². The quantitative estimate of drug-likeness (QED) is 0.897. The van der Waals surface area contributed by atoms with Crippen molar-refractivity contribution < 1.29 is 4.42 Å². The van der Waals surface area contributed by atoms with E-state index in [0.717, 1.165) is 11.3 Å². The van der Waals surface area contributed by atoms with Crippen molar-refractivity contribution in [2.75, 3.05) is 0 Å². The lowest BCUT2D eigenvalue weighted by atomic mass is 10.1. The number of nitrogens with two attached hydrogens (primary N) is 1. The number of nitrogens with zero attached hydrogens (tertiary/aromatic N) is 1. The fraction of sp³-hybridized carbons (Fsp3) is 0.400. The highest BCUT2D eigenvalue weighted by Gasteiger charge is 2.17. The van der Waals surface area contributed by atoms with E-state index in [4.69, 9.17) is 10.2 Å². The maximum absolute atomic E-state index is 6.03. The lowest BCUT2D eigenvalue weighted by Gasteiger charge is -2.10. The summed E-state index contributed by atoms with van der Waals surface area (Å²) in [6.07, 6.45) is 1.75. The first-order valence-corrected chi connectivity index (χ1v) is 6.28. The second-order valence-electron chi connectivity index (χ2n) is 5.13. The minimum absolute atomic E-state index is 0.148.